The number of aromatic nitrogens is 1. The van der Waals surface area contributed by atoms with E-state index >= 15 is 0 Å². The summed E-state index contributed by atoms with van der Waals surface area (Å²) in [6.45, 7) is 10.4. The zero-order chi connectivity index (χ0) is 28.5. The molecule has 0 saturated carbocycles. The molecule has 0 atom stereocenters. The highest BCUT2D eigenvalue weighted by Crippen LogP contribution is 2.37. The number of urea groups is 1. The first-order valence-corrected chi connectivity index (χ1v) is 14.0. The van der Waals surface area contributed by atoms with Crippen LogP contribution in [0.4, 0.5) is 10.5 Å². The summed E-state index contributed by atoms with van der Waals surface area (Å²) in [7, 11) is 1.62. The lowest BCUT2D eigenvalue weighted by Crippen LogP contribution is -2.36. The first kappa shape index (κ1) is 29.4. The van der Waals surface area contributed by atoms with Crippen molar-refractivity contribution < 1.29 is 24.1 Å². The molecule has 4 rings (SSSR count). The van der Waals surface area contributed by atoms with E-state index in [1.165, 1.54) is 0 Å². The molecule has 9 nitrogen and oxygen atoms in total. The van der Waals surface area contributed by atoms with Gasteiger partial charge in [-0.3, -0.25) is 4.98 Å². The fourth-order valence-corrected chi connectivity index (χ4v) is 4.56. The number of fused-ring (bicyclic) bond motifs is 1. The van der Waals surface area contributed by atoms with E-state index in [0.717, 1.165) is 56.2 Å². The number of likely N-dealkylation sites (tertiary alicyclic amines) is 1. The predicted molar refractivity (Wildman–Crippen MR) is 158 cm³/mol. The summed E-state index contributed by atoms with van der Waals surface area (Å²) in [6, 6.07) is 12.6. The van der Waals surface area contributed by atoms with Crippen LogP contribution in [0.25, 0.3) is 10.9 Å². The van der Waals surface area contributed by atoms with Gasteiger partial charge in [0.2, 0.25) is 0 Å². The van der Waals surface area contributed by atoms with Crippen LogP contribution < -0.4 is 24.8 Å². The highest BCUT2D eigenvalue weighted by Gasteiger charge is 2.17. The summed E-state index contributed by atoms with van der Waals surface area (Å²) in [5, 5.41) is 16.2. The molecule has 1 fully saturated rings. The molecule has 2 amide bonds. The van der Waals surface area contributed by atoms with Crippen molar-refractivity contribution in [2.75, 3.05) is 45.2 Å². The van der Waals surface area contributed by atoms with Gasteiger partial charge in [-0.05, 0) is 67.5 Å². The van der Waals surface area contributed by atoms with E-state index in [1.807, 2.05) is 30.3 Å². The smallest absolute Gasteiger partial charge is 0.319 e. The van der Waals surface area contributed by atoms with Crippen molar-refractivity contribution in [2.24, 2.45) is 5.41 Å². The second kappa shape index (κ2) is 13.7. The fraction of sp³-hybridized carbons (Fsp3) is 0.484. The van der Waals surface area contributed by atoms with Crippen molar-refractivity contribution in [3.05, 3.63) is 48.7 Å². The van der Waals surface area contributed by atoms with Crippen LogP contribution in [-0.4, -0.2) is 67.0 Å². The third-order valence-corrected chi connectivity index (χ3v) is 6.92. The average molecular weight is 551 g/mol. The van der Waals surface area contributed by atoms with Crippen LogP contribution in [0.1, 0.15) is 46.5 Å². The van der Waals surface area contributed by atoms with Crippen LogP contribution in [0, 0.1) is 5.41 Å². The summed E-state index contributed by atoms with van der Waals surface area (Å²) in [4.78, 5) is 19.1. The summed E-state index contributed by atoms with van der Waals surface area (Å²) in [6.07, 6.45) is 5.01. The Morgan fingerprint density at radius 2 is 1.82 bits per heavy atom. The van der Waals surface area contributed by atoms with Gasteiger partial charge in [0.25, 0.3) is 0 Å². The molecule has 0 aliphatic carbocycles. The Balaban J connectivity index is 1.34. The Bertz CT molecular complexity index is 1250. The topological polar surface area (TPSA) is 105 Å². The molecular formula is C31H42N4O5. The van der Waals surface area contributed by atoms with Crippen LogP contribution in [0.3, 0.4) is 0 Å². The Morgan fingerprint density at radius 1 is 1.07 bits per heavy atom. The minimum atomic E-state index is -0.227. The number of methoxy groups -OCH3 is 1. The number of rotatable bonds is 11. The monoisotopic (exact) mass is 550 g/mol. The first-order valence-electron chi connectivity index (χ1n) is 14.0. The first-order chi connectivity index (χ1) is 19.2. The lowest BCUT2D eigenvalue weighted by molar-refractivity contribution is 0.0799. The van der Waals surface area contributed by atoms with Crippen molar-refractivity contribution in [2.45, 2.75) is 52.6 Å². The molecule has 0 bridgehead atoms. The largest absolute Gasteiger partial charge is 0.493 e. The molecule has 3 N–H and O–H groups in total. The lowest BCUT2D eigenvalue weighted by Gasteiger charge is -2.29. The predicted octanol–water partition coefficient (Wildman–Crippen LogP) is 5.82. The van der Waals surface area contributed by atoms with Gasteiger partial charge in [0.1, 0.15) is 11.5 Å². The Labute approximate surface area is 236 Å². The third kappa shape index (κ3) is 8.72. The van der Waals surface area contributed by atoms with Gasteiger partial charge in [-0.2, -0.15) is 0 Å². The highest BCUT2D eigenvalue weighted by atomic mass is 16.5. The van der Waals surface area contributed by atoms with Crippen molar-refractivity contribution >= 4 is 22.6 Å². The number of amides is 2. The van der Waals surface area contributed by atoms with Crippen LogP contribution in [-0.2, 0) is 0 Å². The van der Waals surface area contributed by atoms with Crippen LogP contribution >= 0.6 is 0 Å². The maximum absolute atomic E-state index is 12.2. The van der Waals surface area contributed by atoms with Crippen LogP contribution in [0.15, 0.2) is 48.7 Å². The average Bonchev–Trinajstić information content (AvgIpc) is 2.92. The number of piperidine rings is 1. The van der Waals surface area contributed by atoms with E-state index in [0.29, 0.717) is 41.8 Å². The quantitative estimate of drug-likeness (QED) is 0.258. The number of aliphatic hydroxyl groups is 1. The van der Waals surface area contributed by atoms with E-state index in [-0.39, 0.29) is 17.6 Å². The van der Waals surface area contributed by atoms with Gasteiger partial charge in [-0.25, -0.2) is 4.79 Å². The van der Waals surface area contributed by atoms with Crippen molar-refractivity contribution in [1.29, 1.82) is 0 Å². The summed E-state index contributed by atoms with van der Waals surface area (Å²) in [5.74, 6) is 2.53. The number of carbonyl (C=O) groups excluding carboxylic acids is 1. The van der Waals surface area contributed by atoms with Gasteiger partial charge in [-0.15, -0.1) is 0 Å². The van der Waals surface area contributed by atoms with Gasteiger partial charge in [-0.1, -0.05) is 20.8 Å². The summed E-state index contributed by atoms with van der Waals surface area (Å²) >= 11 is 0. The SMILES string of the molecule is COc1cc2c(Oc3ccc(NC(=O)NCCC(C)(C)C)cc3)ccnc2cc1OCCCN1CCC(O)CC1. The summed E-state index contributed by atoms with van der Waals surface area (Å²) < 4.78 is 17.9. The molecule has 3 aromatic rings. The molecule has 1 aromatic heterocycles. The molecule has 9 heteroatoms. The van der Waals surface area contributed by atoms with Crippen molar-refractivity contribution in [3.8, 4) is 23.0 Å². The molecule has 40 heavy (non-hydrogen) atoms. The maximum Gasteiger partial charge on any atom is 0.319 e. The normalized spacial score (nSPS) is 14.6. The lowest BCUT2D eigenvalue weighted by atomic mass is 9.92. The Morgan fingerprint density at radius 3 is 2.52 bits per heavy atom. The number of aliphatic hydroxyl groups excluding tert-OH is 1. The second-order valence-corrected chi connectivity index (χ2v) is 11.4. The molecular weight excluding hydrogens is 508 g/mol. The molecule has 0 unspecified atom stereocenters. The third-order valence-electron chi connectivity index (χ3n) is 6.92. The van der Waals surface area contributed by atoms with Gasteiger partial charge < -0.3 is 34.9 Å². The van der Waals surface area contributed by atoms with Gasteiger partial charge in [0, 0.05) is 49.5 Å². The second-order valence-electron chi connectivity index (χ2n) is 11.4. The molecule has 2 heterocycles. The van der Waals surface area contributed by atoms with E-state index < -0.39 is 0 Å². The number of anilines is 1. The van der Waals surface area contributed by atoms with E-state index in [9.17, 15) is 9.90 Å². The van der Waals surface area contributed by atoms with Crippen LogP contribution in [0.5, 0.6) is 23.0 Å². The van der Waals surface area contributed by atoms with Crippen molar-refractivity contribution in [3.63, 3.8) is 0 Å². The molecule has 1 aliphatic rings. The zero-order valence-corrected chi connectivity index (χ0v) is 24.0. The van der Waals surface area contributed by atoms with Gasteiger partial charge in [0.15, 0.2) is 11.5 Å². The minimum Gasteiger partial charge on any atom is -0.493 e. The van der Waals surface area contributed by atoms with Gasteiger partial charge in [0.05, 0.1) is 25.3 Å². The van der Waals surface area contributed by atoms with Crippen LogP contribution in [0.2, 0.25) is 0 Å². The standard InChI is InChI=1S/C31H42N4O5/c1-31(2,3)13-15-33-30(37)34-22-6-8-24(9-7-22)40-27-10-14-32-26-21-29(28(38-4)20-25(26)27)39-19-5-16-35-17-11-23(36)12-18-35/h6-10,14,20-21,23,36H,5,11-13,15-19H2,1-4H3,(H2,33,34,37). The number of nitrogens with one attached hydrogen (secondary N) is 2. The van der Waals surface area contributed by atoms with E-state index in [1.54, 1.807) is 25.4 Å². The molecule has 0 spiro atoms. The van der Waals surface area contributed by atoms with Crippen molar-refractivity contribution in [1.82, 2.24) is 15.2 Å². The molecule has 1 saturated heterocycles. The number of hydrogen-bond acceptors (Lipinski definition) is 7. The molecule has 2 aromatic carbocycles. The number of hydrogen-bond donors (Lipinski definition) is 3. The fourth-order valence-electron chi connectivity index (χ4n) is 4.56. The molecule has 216 valence electrons. The number of pyridine rings is 1. The Hall–Kier alpha value is -3.56. The number of benzene rings is 2. The molecule has 1 aliphatic heterocycles. The number of carbonyl (C=O) groups is 1. The Kier molecular flexibility index (Phi) is 10.1. The van der Waals surface area contributed by atoms with E-state index in [2.05, 4.69) is 41.3 Å². The maximum atomic E-state index is 12.2. The number of nitrogens with zero attached hydrogens (tertiary/aromatic N) is 2. The minimum absolute atomic E-state index is 0.159. The van der Waals surface area contributed by atoms with Gasteiger partial charge >= 0.3 is 6.03 Å². The zero-order valence-electron chi connectivity index (χ0n) is 24.0. The van der Waals surface area contributed by atoms with E-state index in [4.69, 9.17) is 14.2 Å². The molecule has 0 radical (unpaired) electrons. The summed E-state index contributed by atoms with van der Waals surface area (Å²) in [5.41, 5.74) is 1.59. The number of ether oxygens (including phenoxy) is 3. The highest BCUT2D eigenvalue weighted by molar-refractivity contribution is 5.89.